The number of hydrogen-bond acceptors (Lipinski definition) is 4. The Morgan fingerprint density at radius 2 is 1.97 bits per heavy atom. The Hall–Kier alpha value is -2.18. The summed E-state index contributed by atoms with van der Waals surface area (Å²) in [6.45, 7) is 5.00. The highest BCUT2D eigenvalue weighted by atomic mass is 16.5. The molecule has 0 saturated carbocycles. The van der Waals surface area contributed by atoms with E-state index in [0.29, 0.717) is 18.8 Å². The molecule has 2 aliphatic rings. The monoisotopic (exact) mass is 396 g/mol. The first-order chi connectivity index (χ1) is 14.2. The summed E-state index contributed by atoms with van der Waals surface area (Å²) in [5, 5.41) is 4.79. The smallest absolute Gasteiger partial charge is 0.274 e. The molecular weight excluding hydrogens is 364 g/mol. The molecule has 2 N–H and O–H groups in total. The number of benzene rings is 1. The summed E-state index contributed by atoms with van der Waals surface area (Å²) in [7, 11) is 0. The number of likely N-dealkylation sites (tertiary alicyclic amines) is 1. The van der Waals surface area contributed by atoms with Gasteiger partial charge in [-0.05, 0) is 69.2 Å². The van der Waals surface area contributed by atoms with Crippen LogP contribution in [0.2, 0.25) is 0 Å². The first-order valence-electron chi connectivity index (χ1n) is 11.0. The Balaban J connectivity index is 1.48. The number of carbonyl (C=O) groups excluding carboxylic acids is 1. The fourth-order valence-electron chi connectivity index (χ4n) is 4.40. The molecule has 0 bridgehead atoms. The molecule has 0 radical (unpaired) electrons. The summed E-state index contributed by atoms with van der Waals surface area (Å²) in [5.41, 5.74) is 10.9. The predicted molar refractivity (Wildman–Crippen MR) is 114 cm³/mol. The normalized spacial score (nSPS) is 17.0. The van der Waals surface area contributed by atoms with Crippen molar-refractivity contribution in [2.24, 2.45) is 5.73 Å². The van der Waals surface area contributed by atoms with Gasteiger partial charge in [0.25, 0.3) is 5.91 Å². The van der Waals surface area contributed by atoms with E-state index >= 15 is 0 Å². The summed E-state index contributed by atoms with van der Waals surface area (Å²) in [6.07, 6.45) is 6.96. The van der Waals surface area contributed by atoms with Crippen LogP contribution in [0.3, 0.4) is 0 Å². The number of aryl methyl sites for hydroxylation is 1. The number of hydrogen-bond donors (Lipinski definition) is 1. The van der Waals surface area contributed by atoms with Crippen LogP contribution in [0.25, 0.3) is 5.69 Å². The topological polar surface area (TPSA) is 73.4 Å². The minimum atomic E-state index is 0.0764. The average molecular weight is 397 g/mol. The molecule has 4 rings (SSSR count). The van der Waals surface area contributed by atoms with Crippen molar-refractivity contribution >= 4 is 5.91 Å². The standard InChI is InChI=1S/C23H32N4O2/c1-2-17-7-9-18(10-8-17)27-21-6-3-5-20(21)22(25-27)23(28)26-14-11-19(12-15-26)29-16-4-13-24/h7-10,19H,2-6,11-16,24H2,1H3. The number of piperidine rings is 1. The Morgan fingerprint density at radius 3 is 2.66 bits per heavy atom. The molecule has 0 atom stereocenters. The second-order valence-electron chi connectivity index (χ2n) is 8.06. The first-order valence-corrected chi connectivity index (χ1v) is 11.0. The number of rotatable bonds is 7. The van der Waals surface area contributed by atoms with Gasteiger partial charge in [-0.15, -0.1) is 0 Å². The zero-order chi connectivity index (χ0) is 20.2. The Labute approximate surface area is 173 Å². The van der Waals surface area contributed by atoms with Crippen LogP contribution < -0.4 is 5.73 Å². The number of nitrogens with two attached hydrogens (primary N) is 1. The molecule has 29 heavy (non-hydrogen) atoms. The quantitative estimate of drug-likeness (QED) is 0.731. The van der Waals surface area contributed by atoms with Gasteiger partial charge in [-0.1, -0.05) is 19.1 Å². The van der Waals surface area contributed by atoms with E-state index in [1.165, 1.54) is 11.3 Å². The van der Waals surface area contributed by atoms with Crippen LogP contribution in [0.1, 0.15) is 59.9 Å². The van der Waals surface area contributed by atoms with Gasteiger partial charge >= 0.3 is 0 Å². The predicted octanol–water partition coefficient (Wildman–Crippen LogP) is 2.89. The average Bonchev–Trinajstić information content (AvgIpc) is 3.37. The van der Waals surface area contributed by atoms with E-state index in [4.69, 9.17) is 15.6 Å². The molecule has 1 aromatic carbocycles. The lowest BCUT2D eigenvalue weighted by Gasteiger charge is -2.31. The first kappa shape index (κ1) is 20.1. The summed E-state index contributed by atoms with van der Waals surface area (Å²) >= 11 is 0. The Kier molecular flexibility index (Phi) is 6.31. The van der Waals surface area contributed by atoms with Gasteiger partial charge < -0.3 is 15.4 Å². The van der Waals surface area contributed by atoms with Crippen molar-refractivity contribution in [2.45, 2.75) is 58.0 Å². The van der Waals surface area contributed by atoms with Crippen LogP contribution in [0, 0.1) is 0 Å². The number of nitrogens with zero attached hydrogens (tertiary/aromatic N) is 3. The van der Waals surface area contributed by atoms with Crippen LogP contribution >= 0.6 is 0 Å². The van der Waals surface area contributed by atoms with Crippen molar-refractivity contribution < 1.29 is 9.53 Å². The van der Waals surface area contributed by atoms with Crippen molar-refractivity contribution in [3.63, 3.8) is 0 Å². The van der Waals surface area contributed by atoms with E-state index < -0.39 is 0 Å². The fraction of sp³-hybridized carbons (Fsp3) is 0.565. The van der Waals surface area contributed by atoms with E-state index in [1.54, 1.807) is 0 Å². The molecule has 6 heteroatoms. The SMILES string of the molecule is CCc1ccc(-n2nc(C(=O)N3CCC(OCCCN)CC3)c3c2CCC3)cc1. The van der Waals surface area contributed by atoms with Gasteiger partial charge in [0.1, 0.15) is 0 Å². The molecule has 1 saturated heterocycles. The van der Waals surface area contributed by atoms with Gasteiger partial charge in [0.2, 0.25) is 0 Å². The summed E-state index contributed by atoms with van der Waals surface area (Å²) in [6, 6.07) is 8.52. The highest BCUT2D eigenvalue weighted by Gasteiger charge is 2.31. The maximum absolute atomic E-state index is 13.3. The molecule has 1 aliphatic heterocycles. The lowest BCUT2D eigenvalue weighted by Crippen LogP contribution is -2.41. The van der Waals surface area contributed by atoms with Crippen LogP contribution in [0.4, 0.5) is 0 Å². The zero-order valence-corrected chi connectivity index (χ0v) is 17.4. The number of aromatic nitrogens is 2. The summed E-state index contributed by atoms with van der Waals surface area (Å²) in [5.74, 6) is 0.0764. The minimum Gasteiger partial charge on any atom is -0.378 e. The molecule has 1 aromatic heterocycles. The minimum absolute atomic E-state index is 0.0764. The number of carbonyl (C=O) groups is 1. The largest absolute Gasteiger partial charge is 0.378 e. The van der Waals surface area contributed by atoms with E-state index in [9.17, 15) is 4.79 Å². The second-order valence-corrected chi connectivity index (χ2v) is 8.06. The molecule has 2 heterocycles. The van der Waals surface area contributed by atoms with Crippen molar-refractivity contribution in [3.8, 4) is 5.69 Å². The zero-order valence-electron chi connectivity index (χ0n) is 17.4. The van der Waals surface area contributed by atoms with Gasteiger partial charge in [-0.2, -0.15) is 5.10 Å². The molecule has 6 nitrogen and oxygen atoms in total. The number of amides is 1. The van der Waals surface area contributed by atoms with E-state index in [1.807, 2.05) is 9.58 Å². The van der Waals surface area contributed by atoms with E-state index in [0.717, 1.165) is 69.3 Å². The fourth-order valence-corrected chi connectivity index (χ4v) is 4.40. The van der Waals surface area contributed by atoms with Crippen molar-refractivity contribution in [1.82, 2.24) is 14.7 Å². The van der Waals surface area contributed by atoms with Crippen LogP contribution in [0.15, 0.2) is 24.3 Å². The molecular formula is C23H32N4O2. The van der Waals surface area contributed by atoms with Gasteiger partial charge in [0, 0.05) is 31.0 Å². The second kappa shape index (κ2) is 9.09. The molecule has 0 spiro atoms. The maximum Gasteiger partial charge on any atom is 0.274 e. The van der Waals surface area contributed by atoms with Crippen molar-refractivity contribution in [1.29, 1.82) is 0 Å². The highest BCUT2D eigenvalue weighted by Crippen LogP contribution is 2.29. The van der Waals surface area contributed by atoms with Gasteiger partial charge in [-0.25, -0.2) is 4.68 Å². The van der Waals surface area contributed by atoms with Crippen LogP contribution in [0.5, 0.6) is 0 Å². The van der Waals surface area contributed by atoms with Gasteiger partial charge in [0.05, 0.1) is 11.8 Å². The Morgan fingerprint density at radius 1 is 1.21 bits per heavy atom. The molecule has 1 aliphatic carbocycles. The van der Waals surface area contributed by atoms with E-state index in [-0.39, 0.29) is 12.0 Å². The van der Waals surface area contributed by atoms with Gasteiger partial charge in [0.15, 0.2) is 5.69 Å². The number of ether oxygens (including phenoxy) is 1. The van der Waals surface area contributed by atoms with Crippen LogP contribution in [-0.2, 0) is 24.0 Å². The summed E-state index contributed by atoms with van der Waals surface area (Å²) < 4.78 is 7.87. The van der Waals surface area contributed by atoms with Crippen molar-refractivity contribution in [3.05, 3.63) is 46.8 Å². The number of fused-ring (bicyclic) bond motifs is 1. The van der Waals surface area contributed by atoms with Crippen LogP contribution in [-0.4, -0.2) is 52.9 Å². The third-order valence-electron chi connectivity index (χ3n) is 6.15. The molecule has 2 aromatic rings. The third kappa shape index (κ3) is 4.23. The van der Waals surface area contributed by atoms with E-state index in [2.05, 4.69) is 31.2 Å². The Bertz CT molecular complexity index is 835. The maximum atomic E-state index is 13.3. The highest BCUT2D eigenvalue weighted by molar-refractivity contribution is 5.94. The lowest BCUT2D eigenvalue weighted by molar-refractivity contribution is 0.00825. The molecule has 0 unspecified atom stereocenters. The summed E-state index contributed by atoms with van der Waals surface area (Å²) in [4.78, 5) is 15.2. The molecule has 1 amide bonds. The van der Waals surface area contributed by atoms with Crippen molar-refractivity contribution in [2.75, 3.05) is 26.2 Å². The molecule has 1 fully saturated rings. The van der Waals surface area contributed by atoms with Gasteiger partial charge in [-0.3, -0.25) is 4.79 Å². The molecule has 156 valence electrons. The lowest BCUT2D eigenvalue weighted by atomic mass is 10.1. The third-order valence-corrected chi connectivity index (χ3v) is 6.15.